The molecule has 1 unspecified atom stereocenters. The number of nitriles is 1. The number of pyridine rings is 1. The molecule has 0 saturated heterocycles. The first-order valence-corrected chi connectivity index (χ1v) is 9.92. The zero-order chi connectivity index (χ0) is 24.6. The van der Waals surface area contributed by atoms with Crippen molar-refractivity contribution in [1.29, 1.82) is 5.26 Å². The second kappa shape index (κ2) is 11.2. The van der Waals surface area contributed by atoms with Gasteiger partial charge in [-0.25, -0.2) is 4.98 Å². The zero-order valence-corrected chi connectivity index (χ0v) is 17.8. The maximum absolute atomic E-state index is 12.9. The van der Waals surface area contributed by atoms with E-state index >= 15 is 0 Å². The van der Waals surface area contributed by atoms with Gasteiger partial charge in [0.05, 0.1) is 29.5 Å². The van der Waals surface area contributed by atoms with E-state index in [1.54, 1.807) is 36.4 Å². The Bertz CT molecular complexity index is 1140. The molecule has 2 aromatic carbocycles. The fraction of sp³-hybridized carbons (Fsp3) is 0.208. The quantitative estimate of drug-likeness (QED) is 0.504. The van der Waals surface area contributed by atoms with Gasteiger partial charge in [0, 0.05) is 5.56 Å². The lowest BCUT2D eigenvalue weighted by Crippen LogP contribution is -2.25. The minimum absolute atomic E-state index is 0.00633. The number of aliphatic hydroxyl groups is 2. The van der Waals surface area contributed by atoms with Crippen LogP contribution in [0.5, 0.6) is 11.5 Å². The van der Waals surface area contributed by atoms with Crippen molar-refractivity contribution < 1.29 is 32.9 Å². The predicted molar refractivity (Wildman–Crippen MR) is 115 cm³/mol. The Kier molecular flexibility index (Phi) is 8.68. The average Bonchev–Trinajstić information content (AvgIpc) is 2.84. The number of aromatic nitrogens is 1. The number of ketones is 1. The van der Waals surface area contributed by atoms with Crippen LogP contribution in [0.2, 0.25) is 0 Å². The van der Waals surface area contributed by atoms with Crippen molar-refractivity contribution in [3.05, 3.63) is 77.5 Å². The standard InChI is InChI=1S/C22H15F3N2O4.C2H6/c23-22(24,25)17-9-8-16(10-14(17)11-26)31-15-6-4-13(5-7-15)18-2-1-3-19(27-18)21(30)20(29)12-28;1-2/h1-10,20,28-29H,12H2;1-2H3. The molecule has 0 fully saturated rings. The van der Waals surface area contributed by atoms with Crippen LogP contribution in [0.25, 0.3) is 11.3 Å². The number of alkyl halides is 3. The number of carbonyl (C=O) groups excluding carboxylic acids is 1. The smallest absolute Gasteiger partial charge is 0.417 e. The number of benzene rings is 2. The number of ether oxygens (including phenoxy) is 1. The van der Waals surface area contributed by atoms with E-state index in [1.807, 2.05) is 13.8 Å². The Hall–Kier alpha value is -3.74. The highest BCUT2D eigenvalue weighted by Gasteiger charge is 2.33. The summed E-state index contributed by atoms with van der Waals surface area (Å²) in [5.74, 6) is -0.323. The fourth-order valence-corrected chi connectivity index (χ4v) is 2.74. The lowest BCUT2D eigenvalue weighted by Gasteiger charge is -2.11. The Morgan fingerprint density at radius 2 is 1.73 bits per heavy atom. The summed E-state index contributed by atoms with van der Waals surface area (Å²) in [7, 11) is 0. The Labute approximate surface area is 188 Å². The topological polar surface area (TPSA) is 103 Å². The summed E-state index contributed by atoms with van der Waals surface area (Å²) in [5.41, 5.74) is -0.537. The van der Waals surface area contributed by atoms with Gasteiger partial charge >= 0.3 is 6.18 Å². The van der Waals surface area contributed by atoms with Gasteiger partial charge in [0.25, 0.3) is 0 Å². The van der Waals surface area contributed by atoms with Crippen molar-refractivity contribution >= 4 is 5.78 Å². The third-order valence-electron chi connectivity index (χ3n) is 4.28. The van der Waals surface area contributed by atoms with E-state index in [2.05, 4.69) is 4.98 Å². The maximum Gasteiger partial charge on any atom is 0.417 e. The third-order valence-corrected chi connectivity index (χ3v) is 4.28. The van der Waals surface area contributed by atoms with Crippen LogP contribution in [-0.2, 0) is 6.18 Å². The molecule has 1 aromatic heterocycles. The summed E-state index contributed by atoms with van der Waals surface area (Å²) in [6, 6.07) is 15.4. The van der Waals surface area contributed by atoms with Crippen LogP contribution in [0.15, 0.2) is 60.7 Å². The van der Waals surface area contributed by atoms with Crippen molar-refractivity contribution in [1.82, 2.24) is 4.98 Å². The number of hydrogen-bond donors (Lipinski definition) is 2. The maximum atomic E-state index is 12.9. The molecular weight excluding hydrogens is 437 g/mol. The van der Waals surface area contributed by atoms with Gasteiger partial charge in [0.1, 0.15) is 23.3 Å². The molecule has 0 aliphatic rings. The Balaban J connectivity index is 0.00000187. The monoisotopic (exact) mass is 458 g/mol. The number of Topliss-reactive ketones (excluding diaryl/α,β-unsaturated/α-hetero) is 1. The molecule has 33 heavy (non-hydrogen) atoms. The highest BCUT2D eigenvalue weighted by Crippen LogP contribution is 2.34. The molecule has 172 valence electrons. The van der Waals surface area contributed by atoms with Crippen molar-refractivity contribution in [2.75, 3.05) is 6.61 Å². The van der Waals surface area contributed by atoms with Gasteiger partial charge in [-0.05, 0) is 54.6 Å². The summed E-state index contributed by atoms with van der Waals surface area (Å²) in [5, 5.41) is 27.4. The summed E-state index contributed by atoms with van der Waals surface area (Å²) in [6.07, 6.45) is -6.19. The minimum Gasteiger partial charge on any atom is -0.457 e. The molecule has 0 aliphatic heterocycles. The minimum atomic E-state index is -4.64. The molecule has 3 rings (SSSR count). The van der Waals surface area contributed by atoms with E-state index in [0.29, 0.717) is 17.0 Å². The third kappa shape index (κ3) is 6.38. The molecule has 0 saturated carbocycles. The number of rotatable bonds is 6. The van der Waals surface area contributed by atoms with Gasteiger partial charge in [0.15, 0.2) is 0 Å². The molecule has 1 heterocycles. The largest absolute Gasteiger partial charge is 0.457 e. The normalized spacial score (nSPS) is 11.6. The van der Waals surface area contributed by atoms with E-state index < -0.39 is 35.8 Å². The molecule has 0 radical (unpaired) electrons. The molecule has 3 aromatic rings. The van der Waals surface area contributed by atoms with Crippen LogP contribution >= 0.6 is 0 Å². The Morgan fingerprint density at radius 3 is 2.30 bits per heavy atom. The van der Waals surface area contributed by atoms with Crippen LogP contribution in [0.3, 0.4) is 0 Å². The molecule has 9 heteroatoms. The zero-order valence-electron chi connectivity index (χ0n) is 17.8. The van der Waals surface area contributed by atoms with Gasteiger partial charge in [-0.15, -0.1) is 0 Å². The highest BCUT2D eigenvalue weighted by molar-refractivity contribution is 5.98. The number of nitrogens with zero attached hydrogens (tertiary/aromatic N) is 2. The lowest BCUT2D eigenvalue weighted by molar-refractivity contribution is -0.137. The molecule has 0 amide bonds. The Morgan fingerprint density at radius 1 is 1.09 bits per heavy atom. The van der Waals surface area contributed by atoms with Crippen molar-refractivity contribution in [3.63, 3.8) is 0 Å². The number of halogens is 3. The van der Waals surface area contributed by atoms with E-state index in [1.165, 1.54) is 12.1 Å². The number of aliphatic hydroxyl groups excluding tert-OH is 2. The van der Waals surface area contributed by atoms with Crippen LogP contribution in [0, 0.1) is 11.3 Å². The highest BCUT2D eigenvalue weighted by atomic mass is 19.4. The van der Waals surface area contributed by atoms with Crippen molar-refractivity contribution in [2.45, 2.75) is 26.1 Å². The molecule has 0 aliphatic carbocycles. The van der Waals surface area contributed by atoms with Gasteiger partial charge in [-0.3, -0.25) is 4.79 Å². The first-order valence-electron chi connectivity index (χ1n) is 9.92. The van der Waals surface area contributed by atoms with Crippen LogP contribution in [0.1, 0.15) is 35.5 Å². The molecule has 0 spiro atoms. The van der Waals surface area contributed by atoms with Gasteiger partial charge < -0.3 is 14.9 Å². The molecular formula is C24H21F3N2O4. The summed E-state index contributed by atoms with van der Waals surface area (Å²) < 4.78 is 44.2. The van der Waals surface area contributed by atoms with Gasteiger partial charge in [-0.2, -0.15) is 18.4 Å². The van der Waals surface area contributed by atoms with Crippen LogP contribution in [-0.4, -0.2) is 33.7 Å². The van der Waals surface area contributed by atoms with E-state index in [-0.39, 0.29) is 11.4 Å². The summed E-state index contributed by atoms with van der Waals surface area (Å²) in [6.45, 7) is 3.29. The van der Waals surface area contributed by atoms with E-state index in [4.69, 9.17) is 15.1 Å². The first-order chi connectivity index (χ1) is 15.7. The second-order valence-corrected chi connectivity index (χ2v) is 6.41. The SMILES string of the molecule is CC.N#Cc1cc(Oc2ccc(-c3cccc(C(=O)C(O)CO)n3)cc2)ccc1C(F)(F)F. The van der Waals surface area contributed by atoms with Crippen LogP contribution in [0.4, 0.5) is 13.2 Å². The lowest BCUT2D eigenvalue weighted by atomic mass is 10.1. The first kappa shape index (κ1) is 25.5. The van der Waals surface area contributed by atoms with Gasteiger partial charge in [-0.1, -0.05) is 19.9 Å². The van der Waals surface area contributed by atoms with E-state index in [9.17, 15) is 23.1 Å². The fourth-order valence-electron chi connectivity index (χ4n) is 2.74. The molecule has 2 N–H and O–H groups in total. The van der Waals surface area contributed by atoms with Gasteiger partial charge in [0.2, 0.25) is 5.78 Å². The number of carbonyl (C=O) groups is 1. The van der Waals surface area contributed by atoms with E-state index in [0.717, 1.165) is 18.2 Å². The van der Waals surface area contributed by atoms with Crippen LogP contribution < -0.4 is 4.74 Å². The predicted octanol–water partition coefficient (Wildman–Crippen LogP) is 4.99. The summed E-state index contributed by atoms with van der Waals surface area (Å²) in [4.78, 5) is 16.1. The summed E-state index contributed by atoms with van der Waals surface area (Å²) >= 11 is 0. The molecule has 6 nitrogen and oxygen atoms in total. The average molecular weight is 458 g/mol. The number of hydrogen-bond acceptors (Lipinski definition) is 6. The van der Waals surface area contributed by atoms with Crippen molar-refractivity contribution in [2.24, 2.45) is 0 Å². The molecule has 1 atom stereocenters. The second-order valence-electron chi connectivity index (χ2n) is 6.41. The molecule has 0 bridgehead atoms. The van der Waals surface area contributed by atoms with Crippen molar-refractivity contribution in [3.8, 4) is 28.8 Å².